The molecule has 5 heteroatoms. The second-order valence-electron chi connectivity index (χ2n) is 3.96. The van der Waals surface area contributed by atoms with Crippen molar-refractivity contribution in [2.75, 3.05) is 13.7 Å². The third kappa shape index (κ3) is 2.35. The van der Waals surface area contributed by atoms with E-state index >= 15 is 0 Å². The number of rotatable bonds is 4. The van der Waals surface area contributed by atoms with Gasteiger partial charge in [-0.05, 0) is 38.1 Å². The van der Waals surface area contributed by atoms with Gasteiger partial charge < -0.3 is 15.0 Å². The predicted octanol–water partition coefficient (Wildman–Crippen LogP) is 2.81. The van der Waals surface area contributed by atoms with Crippen LogP contribution in [-0.2, 0) is 6.42 Å². The number of hydrogen-bond acceptors (Lipinski definition) is 4. The van der Waals surface area contributed by atoms with Gasteiger partial charge in [-0.25, -0.2) is 0 Å². The molecule has 2 rings (SSSR count). The van der Waals surface area contributed by atoms with E-state index in [4.69, 9.17) is 26.6 Å². The lowest BCUT2D eigenvalue weighted by atomic mass is 10.0. The summed E-state index contributed by atoms with van der Waals surface area (Å²) in [7, 11) is 1.58. The number of aromatic nitrogens is 1. The fourth-order valence-electron chi connectivity index (χ4n) is 1.86. The summed E-state index contributed by atoms with van der Waals surface area (Å²) in [5.41, 5.74) is 8.37. The molecule has 0 spiro atoms. The molecule has 0 amide bonds. The molecule has 0 aliphatic carbocycles. The highest BCUT2D eigenvalue weighted by molar-refractivity contribution is 6.32. The fourth-order valence-corrected chi connectivity index (χ4v) is 2.12. The highest BCUT2D eigenvalue weighted by atomic mass is 35.5. The van der Waals surface area contributed by atoms with Crippen molar-refractivity contribution in [1.29, 1.82) is 0 Å². The maximum Gasteiger partial charge on any atom is 0.170 e. The van der Waals surface area contributed by atoms with Crippen molar-refractivity contribution in [1.82, 2.24) is 5.16 Å². The molecule has 0 aliphatic rings. The summed E-state index contributed by atoms with van der Waals surface area (Å²) in [6.45, 7) is 2.46. The summed E-state index contributed by atoms with van der Waals surface area (Å²) in [5.74, 6) is 1.36. The molecule has 18 heavy (non-hydrogen) atoms. The average molecular weight is 267 g/mol. The van der Waals surface area contributed by atoms with Crippen LogP contribution in [0.4, 0.5) is 0 Å². The van der Waals surface area contributed by atoms with Crippen LogP contribution in [0.25, 0.3) is 11.3 Å². The Kier molecular flexibility index (Phi) is 3.89. The van der Waals surface area contributed by atoms with Crippen molar-refractivity contribution >= 4 is 11.6 Å². The topological polar surface area (TPSA) is 61.3 Å². The van der Waals surface area contributed by atoms with Crippen molar-refractivity contribution in [3.8, 4) is 17.1 Å². The Morgan fingerprint density at radius 3 is 2.83 bits per heavy atom. The number of methoxy groups -OCH3 is 1. The average Bonchev–Trinajstić information content (AvgIpc) is 2.72. The van der Waals surface area contributed by atoms with Gasteiger partial charge in [0.05, 0.1) is 17.8 Å². The van der Waals surface area contributed by atoms with Crippen LogP contribution in [0.15, 0.2) is 22.7 Å². The molecule has 1 aromatic heterocycles. The van der Waals surface area contributed by atoms with E-state index in [1.807, 2.05) is 19.1 Å². The molecule has 0 bridgehead atoms. The van der Waals surface area contributed by atoms with Gasteiger partial charge in [0.1, 0.15) is 5.75 Å². The normalized spacial score (nSPS) is 10.7. The van der Waals surface area contributed by atoms with Gasteiger partial charge in [0.2, 0.25) is 0 Å². The number of hydrogen-bond donors (Lipinski definition) is 1. The van der Waals surface area contributed by atoms with Crippen molar-refractivity contribution in [2.45, 2.75) is 13.3 Å². The molecule has 2 N–H and O–H groups in total. The summed E-state index contributed by atoms with van der Waals surface area (Å²) in [4.78, 5) is 0. The van der Waals surface area contributed by atoms with Gasteiger partial charge in [-0.15, -0.1) is 0 Å². The molecular weight excluding hydrogens is 252 g/mol. The summed E-state index contributed by atoms with van der Waals surface area (Å²) in [5, 5.41) is 4.52. The first kappa shape index (κ1) is 12.9. The van der Waals surface area contributed by atoms with Crippen molar-refractivity contribution in [3.63, 3.8) is 0 Å². The predicted molar refractivity (Wildman–Crippen MR) is 71.0 cm³/mol. The minimum atomic E-state index is 0.544. The van der Waals surface area contributed by atoms with E-state index < -0.39 is 0 Å². The lowest BCUT2D eigenvalue weighted by Gasteiger charge is -2.05. The lowest BCUT2D eigenvalue weighted by Crippen LogP contribution is -2.04. The Morgan fingerprint density at radius 2 is 2.22 bits per heavy atom. The van der Waals surface area contributed by atoms with Crippen LogP contribution in [0, 0.1) is 6.92 Å². The Labute approximate surface area is 111 Å². The largest absolute Gasteiger partial charge is 0.495 e. The summed E-state index contributed by atoms with van der Waals surface area (Å²) in [6, 6.07) is 5.51. The lowest BCUT2D eigenvalue weighted by molar-refractivity contribution is 0.414. The maximum absolute atomic E-state index is 6.10. The van der Waals surface area contributed by atoms with Gasteiger partial charge in [0.25, 0.3) is 0 Å². The fraction of sp³-hybridized carbons (Fsp3) is 0.308. The minimum absolute atomic E-state index is 0.544. The van der Waals surface area contributed by atoms with Gasteiger partial charge in [-0.1, -0.05) is 16.8 Å². The zero-order chi connectivity index (χ0) is 13.1. The minimum Gasteiger partial charge on any atom is -0.495 e. The zero-order valence-corrected chi connectivity index (χ0v) is 11.1. The number of ether oxygens (including phenoxy) is 1. The molecule has 0 unspecified atom stereocenters. The molecule has 0 saturated heterocycles. The third-order valence-corrected chi connectivity index (χ3v) is 3.09. The summed E-state index contributed by atoms with van der Waals surface area (Å²) < 4.78 is 10.5. The van der Waals surface area contributed by atoms with Crippen LogP contribution >= 0.6 is 11.6 Å². The van der Waals surface area contributed by atoms with E-state index in [1.165, 1.54) is 0 Å². The zero-order valence-electron chi connectivity index (χ0n) is 10.4. The van der Waals surface area contributed by atoms with Gasteiger partial charge >= 0.3 is 0 Å². The molecule has 0 atom stereocenters. The van der Waals surface area contributed by atoms with E-state index in [9.17, 15) is 0 Å². The Morgan fingerprint density at radius 1 is 1.44 bits per heavy atom. The van der Waals surface area contributed by atoms with Crippen molar-refractivity contribution in [2.24, 2.45) is 5.73 Å². The van der Waals surface area contributed by atoms with Gasteiger partial charge in [-0.2, -0.15) is 0 Å². The van der Waals surface area contributed by atoms with Crippen LogP contribution in [-0.4, -0.2) is 18.8 Å². The highest BCUT2D eigenvalue weighted by Gasteiger charge is 2.15. The van der Waals surface area contributed by atoms with E-state index in [0.717, 1.165) is 29.0 Å². The van der Waals surface area contributed by atoms with E-state index in [0.29, 0.717) is 17.3 Å². The molecule has 1 aromatic carbocycles. The first-order chi connectivity index (χ1) is 8.67. The number of nitrogens with two attached hydrogens (primary N) is 1. The first-order valence-electron chi connectivity index (χ1n) is 5.66. The highest BCUT2D eigenvalue weighted by Crippen LogP contribution is 2.32. The van der Waals surface area contributed by atoms with Gasteiger partial charge in [-0.3, -0.25) is 0 Å². The number of nitrogens with zero attached hydrogens (tertiary/aromatic N) is 1. The van der Waals surface area contributed by atoms with Crippen molar-refractivity contribution in [3.05, 3.63) is 34.5 Å². The molecule has 0 aliphatic heterocycles. The molecular formula is C13H15ClN2O2. The second kappa shape index (κ2) is 5.42. The molecule has 96 valence electrons. The number of benzene rings is 1. The molecule has 1 heterocycles. The van der Waals surface area contributed by atoms with Gasteiger partial charge in [0, 0.05) is 11.1 Å². The molecule has 0 saturated carbocycles. The number of aryl methyl sites for hydroxylation is 1. The van der Waals surface area contributed by atoms with E-state index in [-0.39, 0.29) is 0 Å². The third-order valence-electron chi connectivity index (χ3n) is 2.79. The second-order valence-corrected chi connectivity index (χ2v) is 4.37. The first-order valence-corrected chi connectivity index (χ1v) is 6.04. The molecule has 0 radical (unpaired) electrons. The number of halogens is 1. The molecule has 4 nitrogen and oxygen atoms in total. The van der Waals surface area contributed by atoms with Crippen LogP contribution in [0.1, 0.15) is 11.3 Å². The quantitative estimate of drug-likeness (QED) is 0.924. The maximum atomic E-state index is 6.10. The molecule has 0 fully saturated rings. The smallest absolute Gasteiger partial charge is 0.170 e. The Bertz CT molecular complexity index is 552. The summed E-state index contributed by atoms with van der Waals surface area (Å²) >= 11 is 6.10. The Hall–Kier alpha value is -1.52. The monoisotopic (exact) mass is 266 g/mol. The van der Waals surface area contributed by atoms with Crippen LogP contribution in [0.3, 0.4) is 0 Å². The SMILES string of the molecule is COc1ccc(-c2onc(C)c2CCN)cc1Cl. The Balaban J connectivity index is 2.45. The van der Waals surface area contributed by atoms with Gasteiger partial charge in [0.15, 0.2) is 5.76 Å². The van der Waals surface area contributed by atoms with E-state index in [2.05, 4.69) is 5.16 Å². The van der Waals surface area contributed by atoms with Crippen molar-refractivity contribution < 1.29 is 9.26 Å². The van der Waals surface area contributed by atoms with Crippen LogP contribution in [0.2, 0.25) is 5.02 Å². The van der Waals surface area contributed by atoms with E-state index in [1.54, 1.807) is 13.2 Å². The standard InChI is InChI=1S/C13H15ClN2O2/c1-8-10(5-6-15)13(18-16-8)9-3-4-12(17-2)11(14)7-9/h3-4,7H,5-6,15H2,1-2H3. The van der Waals surface area contributed by atoms with Crippen LogP contribution in [0.5, 0.6) is 5.75 Å². The summed E-state index contributed by atoms with van der Waals surface area (Å²) in [6.07, 6.45) is 0.730. The van der Waals surface area contributed by atoms with Crippen LogP contribution < -0.4 is 10.5 Å². The molecule has 2 aromatic rings.